The van der Waals surface area contributed by atoms with Crippen LogP contribution in [0.5, 0.6) is 5.75 Å². The molecule has 0 bridgehead atoms. The molecule has 0 amide bonds. The van der Waals surface area contributed by atoms with Gasteiger partial charge < -0.3 is 15.3 Å². The molecule has 8 nitrogen and oxygen atoms in total. The molecule has 3 N–H and O–H groups in total. The lowest BCUT2D eigenvalue weighted by molar-refractivity contribution is -0.386. The number of nitro groups is 1. The van der Waals surface area contributed by atoms with Crippen molar-refractivity contribution in [3.05, 3.63) is 33.4 Å². The number of nitro benzene ring substituents is 1. The number of benzene rings is 1. The van der Waals surface area contributed by atoms with E-state index in [0.717, 1.165) is 12.1 Å². The van der Waals surface area contributed by atoms with Crippen molar-refractivity contribution >= 4 is 17.6 Å². The van der Waals surface area contributed by atoms with E-state index >= 15 is 0 Å². The van der Waals surface area contributed by atoms with Gasteiger partial charge in [-0.05, 0) is 12.1 Å². The fourth-order valence-electron chi connectivity index (χ4n) is 1.16. The van der Waals surface area contributed by atoms with E-state index in [0.29, 0.717) is 0 Å². The largest absolute Gasteiger partial charge is 0.502 e. The van der Waals surface area contributed by atoms with Gasteiger partial charge in [0, 0.05) is 0 Å². The predicted molar refractivity (Wildman–Crippen MR) is 48.7 cm³/mol. The third kappa shape index (κ3) is 1.75. The first-order chi connectivity index (χ1) is 7.36. The van der Waals surface area contributed by atoms with Crippen LogP contribution in [-0.4, -0.2) is 32.2 Å². The number of nitrogens with zero attached hydrogens (tertiary/aromatic N) is 1. The van der Waals surface area contributed by atoms with Crippen LogP contribution in [0.1, 0.15) is 20.7 Å². The van der Waals surface area contributed by atoms with Crippen molar-refractivity contribution in [2.45, 2.75) is 0 Å². The lowest BCUT2D eigenvalue weighted by atomic mass is 10.0. The third-order valence-corrected chi connectivity index (χ3v) is 1.78. The SMILES string of the molecule is O=C(O)c1ccc(O)c([N+](=O)[O-])c1C(=O)O. The van der Waals surface area contributed by atoms with Crippen LogP contribution in [0.4, 0.5) is 5.69 Å². The highest BCUT2D eigenvalue weighted by molar-refractivity contribution is 6.05. The van der Waals surface area contributed by atoms with Crippen molar-refractivity contribution in [3.63, 3.8) is 0 Å². The standard InChI is InChI=1S/C8H5NO7/c10-4-2-1-3(7(11)12)5(8(13)14)6(4)9(15)16/h1-2,10H,(H,11,12)(H,13,14). The van der Waals surface area contributed by atoms with E-state index in [9.17, 15) is 19.7 Å². The molecule has 0 saturated heterocycles. The number of hydrogen-bond donors (Lipinski definition) is 3. The van der Waals surface area contributed by atoms with Crippen molar-refractivity contribution in [3.8, 4) is 5.75 Å². The number of carbonyl (C=O) groups is 2. The molecular formula is C8H5NO7. The minimum absolute atomic E-state index is 0.753. The summed E-state index contributed by atoms with van der Waals surface area (Å²) >= 11 is 0. The van der Waals surface area contributed by atoms with Gasteiger partial charge in [0.1, 0.15) is 0 Å². The second-order valence-corrected chi connectivity index (χ2v) is 2.72. The van der Waals surface area contributed by atoms with Crippen LogP contribution in [0.15, 0.2) is 12.1 Å². The van der Waals surface area contributed by atoms with E-state index < -0.39 is 39.4 Å². The Bertz CT molecular complexity index is 493. The smallest absolute Gasteiger partial charge is 0.343 e. The highest BCUT2D eigenvalue weighted by Crippen LogP contribution is 2.32. The maximum absolute atomic E-state index is 10.7. The van der Waals surface area contributed by atoms with Gasteiger partial charge in [0.2, 0.25) is 0 Å². The third-order valence-electron chi connectivity index (χ3n) is 1.78. The monoisotopic (exact) mass is 227 g/mol. The van der Waals surface area contributed by atoms with Gasteiger partial charge in [0.15, 0.2) is 11.3 Å². The first-order valence-corrected chi connectivity index (χ1v) is 3.83. The molecule has 0 radical (unpaired) electrons. The van der Waals surface area contributed by atoms with E-state index in [2.05, 4.69) is 0 Å². The average Bonchev–Trinajstić information content (AvgIpc) is 2.15. The summed E-state index contributed by atoms with van der Waals surface area (Å²) in [7, 11) is 0. The number of phenolic OH excluding ortho intramolecular Hbond substituents is 1. The van der Waals surface area contributed by atoms with E-state index in [1.165, 1.54) is 0 Å². The molecule has 0 fully saturated rings. The summed E-state index contributed by atoms with van der Waals surface area (Å²) in [6.07, 6.45) is 0. The number of phenols is 1. The molecular weight excluding hydrogens is 222 g/mol. The summed E-state index contributed by atoms with van der Waals surface area (Å²) < 4.78 is 0. The Kier molecular flexibility index (Phi) is 2.75. The van der Waals surface area contributed by atoms with Crippen molar-refractivity contribution in [1.82, 2.24) is 0 Å². The first kappa shape index (κ1) is 11.4. The van der Waals surface area contributed by atoms with Crippen molar-refractivity contribution in [2.24, 2.45) is 0 Å². The minimum atomic E-state index is -1.79. The summed E-state index contributed by atoms with van der Waals surface area (Å²) in [6.45, 7) is 0. The minimum Gasteiger partial charge on any atom is -0.502 e. The maximum atomic E-state index is 10.7. The van der Waals surface area contributed by atoms with E-state index in [4.69, 9.17) is 15.3 Å². The van der Waals surface area contributed by atoms with Crippen LogP contribution in [0.3, 0.4) is 0 Å². The Balaban J connectivity index is 3.70. The molecule has 8 heteroatoms. The summed E-state index contributed by atoms with van der Waals surface area (Å²) in [5.74, 6) is -4.31. The molecule has 0 aliphatic rings. The average molecular weight is 227 g/mol. The molecule has 1 aromatic rings. The van der Waals surface area contributed by atoms with Gasteiger partial charge in [-0.3, -0.25) is 10.1 Å². The number of rotatable bonds is 3. The van der Waals surface area contributed by atoms with Gasteiger partial charge >= 0.3 is 17.6 Å². The summed E-state index contributed by atoms with van der Waals surface area (Å²) in [5.41, 5.74) is -2.93. The second kappa shape index (κ2) is 3.85. The number of carboxylic acids is 2. The summed E-state index contributed by atoms with van der Waals surface area (Å²) in [6, 6.07) is 1.54. The van der Waals surface area contributed by atoms with E-state index in [1.54, 1.807) is 0 Å². The Morgan fingerprint density at radius 3 is 2.12 bits per heavy atom. The topological polar surface area (TPSA) is 138 Å². The van der Waals surface area contributed by atoms with E-state index in [1.807, 2.05) is 0 Å². The van der Waals surface area contributed by atoms with Gasteiger partial charge in [-0.1, -0.05) is 0 Å². The Morgan fingerprint density at radius 2 is 1.75 bits per heavy atom. The molecule has 0 aliphatic heterocycles. The number of aromatic hydroxyl groups is 1. The van der Waals surface area contributed by atoms with Crippen LogP contribution >= 0.6 is 0 Å². The van der Waals surface area contributed by atoms with Gasteiger partial charge in [0.25, 0.3) is 0 Å². The fraction of sp³-hybridized carbons (Fsp3) is 0. The zero-order valence-corrected chi connectivity index (χ0v) is 7.58. The van der Waals surface area contributed by atoms with Gasteiger partial charge in [-0.2, -0.15) is 0 Å². The van der Waals surface area contributed by atoms with Crippen LogP contribution in [0.25, 0.3) is 0 Å². The zero-order chi connectivity index (χ0) is 12.5. The summed E-state index contributed by atoms with van der Waals surface area (Å²) in [5, 5.41) is 37.0. The van der Waals surface area contributed by atoms with Gasteiger partial charge in [-0.25, -0.2) is 9.59 Å². The van der Waals surface area contributed by atoms with Crippen molar-refractivity contribution in [2.75, 3.05) is 0 Å². The molecule has 0 aromatic heterocycles. The Hall–Kier alpha value is -2.64. The predicted octanol–water partition coefficient (Wildman–Crippen LogP) is 0.697. The fourth-order valence-corrected chi connectivity index (χ4v) is 1.16. The molecule has 84 valence electrons. The zero-order valence-electron chi connectivity index (χ0n) is 7.58. The molecule has 0 heterocycles. The molecule has 0 spiro atoms. The molecule has 1 aromatic carbocycles. The summed E-state index contributed by atoms with van der Waals surface area (Å²) in [4.78, 5) is 30.7. The second-order valence-electron chi connectivity index (χ2n) is 2.72. The quantitative estimate of drug-likeness (QED) is 0.510. The molecule has 0 saturated carbocycles. The van der Waals surface area contributed by atoms with Crippen LogP contribution < -0.4 is 0 Å². The van der Waals surface area contributed by atoms with Crippen molar-refractivity contribution < 1.29 is 29.8 Å². The number of carboxylic acid groups (broad SMARTS) is 2. The maximum Gasteiger partial charge on any atom is 0.343 e. The highest BCUT2D eigenvalue weighted by atomic mass is 16.6. The van der Waals surface area contributed by atoms with Crippen LogP contribution in [0, 0.1) is 10.1 Å². The van der Waals surface area contributed by atoms with Crippen molar-refractivity contribution in [1.29, 1.82) is 0 Å². The van der Waals surface area contributed by atoms with E-state index in [-0.39, 0.29) is 0 Å². The van der Waals surface area contributed by atoms with Gasteiger partial charge in [0.05, 0.1) is 10.5 Å². The lowest BCUT2D eigenvalue weighted by Crippen LogP contribution is -2.11. The molecule has 1 rings (SSSR count). The Labute approximate surface area is 87.5 Å². The lowest BCUT2D eigenvalue weighted by Gasteiger charge is -2.03. The number of aromatic carboxylic acids is 2. The normalized spacial score (nSPS) is 9.75. The molecule has 0 aliphatic carbocycles. The number of hydrogen-bond acceptors (Lipinski definition) is 5. The molecule has 16 heavy (non-hydrogen) atoms. The molecule has 0 unspecified atom stereocenters. The van der Waals surface area contributed by atoms with Gasteiger partial charge in [-0.15, -0.1) is 0 Å². The first-order valence-electron chi connectivity index (χ1n) is 3.83. The van der Waals surface area contributed by atoms with Crippen LogP contribution in [-0.2, 0) is 0 Å². The molecule has 0 atom stereocenters. The van der Waals surface area contributed by atoms with Crippen LogP contribution in [0.2, 0.25) is 0 Å². The Morgan fingerprint density at radius 1 is 1.19 bits per heavy atom. The highest BCUT2D eigenvalue weighted by Gasteiger charge is 2.30.